The molecule has 4 N–H and O–H groups in total. The predicted molar refractivity (Wildman–Crippen MR) is 282 cm³/mol. The van der Waals surface area contributed by atoms with E-state index in [9.17, 15) is 4.79 Å². The van der Waals surface area contributed by atoms with Gasteiger partial charge in [-0.05, 0) is 94.2 Å². The van der Waals surface area contributed by atoms with Crippen molar-refractivity contribution in [2.24, 2.45) is 0 Å². The summed E-state index contributed by atoms with van der Waals surface area (Å²) in [5, 5.41) is 46.1. The van der Waals surface area contributed by atoms with E-state index in [-0.39, 0.29) is 0 Å². The van der Waals surface area contributed by atoms with Crippen LogP contribution in [0.3, 0.4) is 0 Å². The van der Waals surface area contributed by atoms with Gasteiger partial charge < -0.3 is 15.7 Å². The molecule has 0 aliphatic rings. The second-order valence-electron chi connectivity index (χ2n) is 20.1. The molecule has 432 valence electrons. The van der Waals surface area contributed by atoms with Gasteiger partial charge in [0.1, 0.15) is 0 Å². The Bertz CT molecular complexity index is 983. The number of carbonyl (C=O) groups is 1. The van der Waals surface area contributed by atoms with Gasteiger partial charge >= 0.3 is 6.16 Å². The van der Waals surface area contributed by atoms with Crippen molar-refractivity contribution in [2.45, 2.75) is 315 Å². The standard InChI is InChI=1S/C55H113N3O14/c1-2-3-4-5-6-7-8-9-28-31-34-37-40-45-50-56-52-47-42-43-48-53-57-51-46-41-38-35-32-29-26-24-22-20-18-16-14-12-10-11-13-15-17-19-21-23-25-27-30-33-36-39-44-49-54-61-65-69-72-71-68-64-58-63-67-70-66-62-55(59)60/h56-58H,2-54H2,1H3,(H,59,60). The van der Waals surface area contributed by atoms with Crippen LogP contribution in [0.4, 0.5) is 4.79 Å². The zero-order valence-corrected chi connectivity index (χ0v) is 46.2. The van der Waals surface area contributed by atoms with Crippen LogP contribution in [0.15, 0.2) is 0 Å². The Morgan fingerprint density at radius 3 is 0.819 bits per heavy atom. The maximum atomic E-state index is 9.89. The van der Waals surface area contributed by atoms with Crippen molar-refractivity contribution in [3.8, 4) is 0 Å². The molecular weight excluding hydrogens is 927 g/mol. The van der Waals surface area contributed by atoms with Gasteiger partial charge in [0.2, 0.25) is 0 Å². The predicted octanol–water partition coefficient (Wildman–Crippen LogP) is 17.4. The van der Waals surface area contributed by atoms with E-state index in [1.165, 1.54) is 321 Å². The van der Waals surface area contributed by atoms with Crippen LogP contribution in [-0.4, -0.2) is 44.0 Å². The third-order valence-electron chi connectivity index (χ3n) is 13.5. The van der Waals surface area contributed by atoms with Gasteiger partial charge in [-0.3, -0.25) is 0 Å². The van der Waals surface area contributed by atoms with Crippen LogP contribution in [0.2, 0.25) is 0 Å². The number of hydrogen-bond acceptors (Lipinski definition) is 16. The fourth-order valence-corrected chi connectivity index (χ4v) is 9.12. The number of rotatable bonds is 67. The van der Waals surface area contributed by atoms with Gasteiger partial charge in [0.25, 0.3) is 0 Å². The Hall–Kier alpha value is -1.29. The summed E-state index contributed by atoms with van der Waals surface area (Å²) in [5.74, 6) is 0. The molecule has 0 rings (SSSR count). The van der Waals surface area contributed by atoms with Crippen LogP contribution in [0.5, 0.6) is 0 Å². The second kappa shape index (κ2) is 67.7. The number of carboxylic acid groups (broad SMARTS) is 1. The van der Waals surface area contributed by atoms with Crippen LogP contribution in [0.1, 0.15) is 315 Å². The molecule has 0 saturated heterocycles. The summed E-state index contributed by atoms with van der Waals surface area (Å²) in [7, 11) is 0. The zero-order chi connectivity index (χ0) is 51.7. The fourth-order valence-electron chi connectivity index (χ4n) is 9.12. The average molecular weight is 1040 g/mol. The highest BCUT2D eigenvalue weighted by Gasteiger charge is 2.02. The summed E-state index contributed by atoms with van der Waals surface area (Å²) in [4.78, 5) is 25.9. The molecule has 0 amide bonds. The van der Waals surface area contributed by atoms with Crippen LogP contribution >= 0.6 is 0 Å². The molecule has 0 saturated carbocycles. The maximum Gasteiger partial charge on any atom is 0.540 e. The quantitative estimate of drug-likeness (QED) is 0.0256. The first kappa shape index (κ1) is 70.7. The van der Waals surface area contributed by atoms with Crippen LogP contribution < -0.4 is 16.3 Å². The summed E-state index contributed by atoms with van der Waals surface area (Å²) in [6.45, 7) is 7.48. The van der Waals surface area contributed by atoms with Crippen molar-refractivity contribution in [2.75, 3.05) is 32.8 Å². The molecule has 0 bridgehead atoms. The van der Waals surface area contributed by atoms with E-state index in [1.54, 1.807) is 0 Å². The maximum absolute atomic E-state index is 9.89. The summed E-state index contributed by atoms with van der Waals surface area (Å²) >= 11 is 0. The van der Waals surface area contributed by atoms with E-state index >= 15 is 0 Å². The minimum atomic E-state index is -1.78. The van der Waals surface area contributed by atoms with Gasteiger partial charge in [-0.2, -0.15) is 0 Å². The van der Waals surface area contributed by atoms with Crippen molar-refractivity contribution >= 4 is 6.16 Å². The summed E-state index contributed by atoms with van der Waals surface area (Å²) in [6, 6.07) is 0. The Kier molecular flexibility index (Phi) is 66.5. The van der Waals surface area contributed by atoms with E-state index < -0.39 is 6.16 Å². The third-order valence-corrected chi connectivity index (χ3v) is 13.5. The highest BCUT2D eigenvalue weighted by Crippen LogP contribution is 2.18. The molecule has 0 radical (unpaired) electrons. The highest BCUT2D eigenvalue weighted by molar-refractivity contribution is 5.55. The number of nitrogens with one attached hydrogen (secondary N) is 3. The topological polar surface area (TPSA) is 184 Å². The Labute approximate surface area is 439 Å². The molecule has 0 fully saturated rings. The molecule has 0 aromatic heterocycles. The van der Waals surface area contributed by atoms with Crippen molar-refractivity contribution in [3.63, 3.8) is 0 Å². The van der Waals surface area contributed by atoms with Crippen molar-refractivity contribution in [1.29, 1.82) is 0 Å². The minimum absolute atomic E-state index is 0.319. The first-order chi connectivity index (χ1) is 35.8. The molecule has 0 aliphatic carbocycles. The summed E-state index contributed by atoms with van der Waals surface area (Å²) in [5.41, 5.74) is 1.47. The SMILES string of the molecule is CCCCCCCCCCCCCCCCNCCCCCCNCCCCCCCCCCCCCCCCCCCCCCCCCCCCCCCCOOOOOOONOOOOOC(=O)O. The van der Waals surface area contributed by atoms with E-state index in [4.69, 9.17) is 9.99 Å². The molecule has 17 nitrogen and oxygen atoms in total. The lowest BCUT2D eigenvalue weighted by Crippen LogP contribution is -2.17. The first-order valence-corrected chi connectivity index (χ1v) is 30.1. The van der Waals surface area contributed by atoms with E-state index in [0.717, 1.165) is 19.3 Å². The van der Waals surface area contributed by atoms with Gasteiger partial charge in [-0.15, -0.1) is 0 Å². The van der Waals surface area contributed by atoms with Crippen LogP contribution in [0.25, 0.3) is 0 Å². The molecule has 17 heteroatoms. The van der Waals surface area contributed by atoms with Crippen molar-refractivity contribution in [3.05, 3.63) is 0 Å². The van der Waals surface area contributed by atoms with Crippen molar-refractivity contribution < 1.29 is 70.0 Å². The van der Waals surface area contributed by atoms with E-state index in [1.807, 2.05) is 0 Å². The third kappa shape index (κ3) is 68.7. The lowest BCUT2D eigenvalue weighted by molar-refractivity contribution is -0.805. The molecule has 0 unspecified atom stereocenters. The normalized spacial score (nSPS) is 11.6. The Morgan fingerprint density at radius 1 is 0.292 bits per heavy atom. The Balaban J connectivity index is 3.07. The lowest BCUT2D eigenvalue weighted by atomic mass is 10.0. The molecule has 0 aromatic rings. The molecule has 72 heavy (non-hydrogen) atoms. The van der Waals surface area contributed by atoms with Gasteiger partial charge in [-0.25, -0.2) is 14.6 Å². The largest absolute Gasteiger partial charge is 0.540 e. The molecule has 0 aliphatic heterocycles. The molecule has 0 atom stereocenters. The van der Waals surface area contributed by atoms with Crippen LogP contribution in [0, 0.1) is 0 Å². The van der Waals surface area contributed by atoms with Gasteiger partial charge in [-0.1, -0.05) is 293 Å². The first-order valence-electron chi connectivity index (χ1n) is 30.1. The zero-order valence-electron chi connectivity index (χ0n) is 46.2. The molecule has 0 aromatic carbocycles. The molecule has 0 heterocycles. The molecule has 0 spiro atoms. The average Bonchev–Trinajstić information content (AvgIpc) is 3.38. The smallest absolute Gasteiger partial charge is 0.448 e. The Morgan fingerprint density at radius 2 is 0.528 bits per heavy atom. The fraction of sp³-hybridized carbons (Fsp3) is 0.982. The summed E-state index contributed by atoms with van der Waals surface area (Å²) < 4.78 is 0. The monoisotopic (exact) mass is 1040 g/mol. The van der Waals surface area contributed by atoms with Crippen molar-refractivity contribution in [1.82, 2.24) is 16.3 Å². The van der Waals surface area contributed by atoms with Gasteiger partial charge in [0.15, 0.2) is 0 Å². The lowest BCUT2D eigenvalue weighted by Gasteiger charge is -2.07. The highest BCUT2D eigenvalue weighted by atomic mass is 17.9. The van der Waals surface area contributed by atoms with E-state index in [0.29, 0.717) is 6.61 Å². The van der Waals surface area contributed by atoms with Gasteiger partial charge in [0.05, 0.1) is 6.61 Å². The molecular formula is C55H113N3O14. The number of unbranched alkanes of at least 4 members (excludes halogenated alkanes) is 45. The van der Waals surface area contributed by atoms with Crippen LogP contribution in [-0.2, 0) is 60.1 Å². The van der Waals surface area contributed by atoms with Gasteiger partial charge in [0, 0.05) is 10.1 Å². The number of hydrogen-bond donors (Lipinski definition) is 4. The summed E-state index contributed by atoms with van der Waals surface area (Å²) in [6.07, 6.45) is 64.7. The minimum Gasteiger partial charge on any atom is -0.448 e. The van der Waals surface area contributed by atoms with E-state index in [2.05, 4.69) is 72.7 Å². The second-order valence-corrected chi connectivity index (χ2v) is 20.1.